The molecule has 1 aromatic carbocycles. The number of aromatic amines is 1. The molecule has 1 aliphatic rings. The maximum atomic E-state index is 8.98. The van der Waals surface area contributed by atoms with Crippen LogP contribution in [0.4, 0.5) is 0 Å². The van der Waals surface area contributed by atoms with Crippen LogP contribution in [0.3, 0.4) is 0 Å². The predicted molar refractivity (Wildman–Crippen MR) is 85.2 cm³/mol. The van der Waals surface area contributed by atoms with Gasteiger partial charge in [-0.15, -0.1) is 0 Å². The quantitative estimate of drug-likeness (QED) is 0.924. The van der Waals surface area contributed by atoms with Crippen LogP contribution in [-0.2, 0) is 6.42 Å². The number of rotatable bonds is 4. The summed E-state index contributed by atoms with van der Waals surface area (Å²) in [6, 6.07) is 12.8. The fourth-order valence-electron chi connectivity index (χ4n) is 2.81. The van der Waals surface area contributed by atoms with Crippen molar-refractivity contribution in [1.29, 1.82) is 5.26 Å². The number of hydrogen-bond donors (Lipinski definition) is 1. The van der Waals surface area contributed by atoms with Crippen LogP contribution in [0.2, 0.25) is 0 Å². The number of nitriles is 1. The Kier molecular flexibility index (Phi) is 4.31. The van der Waals surface area contributed by atoms with Gasteiger partial charge in [0, 0.05) is 23.3 Å². The van der Waals surface area contributed by atoms with Gasteiger partial charge in [-0.2, -0.15) is 5.26 Å². The van der Waals surface area contributed by atoms with E-state index < -0.39 is 0 Å². The predicted octanol–water partition coefficient (Wildman–Crippen LogP) is 4.09. The highest BCUT2D eigenvalue weighted by molar-refractivity contribution is 7.99. The van der Waals surface area contributed by atoms with Gasteiger partial charge in [0.1, 0.15) is 0 Å². The Labute approximate surface area is 129 Å². The number of benzene rings is 1. The van der Waals surface area contributed by atoms with Gasteiger partial charge in [0.15, 0.2) is 5.16 Å². The minimum absolute atomic E-state index is 0.238. The van der Waals surface area contributed by atoms with E-state index in [4.69, 9.17) is 10.2 Å². The van der Waals surface area contributed by atoms with Crippen molar-refractivity contribution in [3.63, 3.8) is 0 Å². The van der Waals surface area contributed by atoms with Gasteiger partial charge in [0.05, 0.1) is 11.8 Å². The molecule has 1 saturated carbocycles. The standard InChI is InChI=1S/C17H19N3S/c1-12-16(10-13-5-3-2-4-6-13)20-17(19-12)21-15-8-7-14(9-15)11-18/h2-6,14-15H,7-10H2,1H3,(H,19,20)/t14-,15+/m0/s1. The molecule has 0 unspecified atom stereocenters. The van der Waals surface area contributed by atoms with Crippen molar-refractivity contribution >= 4 is 11.8 Å². The Hall–Kier alpha value is -1.73. The lowest BCUT2D eigenvalue weighted by atomic mass is 10.1. The maximum Gasteiger partial charge on any atom is 0.166 e. The van der Waals surface area contributed by atoms with Crippen molar-refractivity contribution in [1.82, 2.24) is 9.97 Å². The SMILES string of the molecule is Cc1[nH]c(S[C@@H]2CC[C@H](C#N)C2)nc1Cc1ccccc1. The summed E-state index contributed by atoms with van der Waals surface area (Å²) in [5.41, 5.74) is 3.56. The highest BCUT2D eigenvalue weighted by Gasteiger charge is 2.26. The molecule has 3 rings (SSSR count). The van der Waals surface area contributed by atoms with Crippen molar-refractivity contribution in [2.75, 3.05) is 0 Å². The van der Waals surface area contributed by atoms with Crippen LogP contribution >= 0.6 is 11.8 Å². The molecule has 1 heterocycles. The first-order valence-electron chi connectivity index (χ1n) is 7.40. The molecule has 0 saturated heterocycles. The third-order valence-corrected chi connectivity index (χ3v) is 5.20. The number of aryl methyl sites for hydroxylation is 1. The summed E-state index contributed by atoms with van der Waals surface area (Å²) in [7, 11) is 0. The van der Waals surface area contributed by atoms with Crippen LogP contribution in [0.1, 0.15) is 36.2 Å². The van der Waals surface area contributed by atoms with E-state index in [1.54, 1.807) is 11.8 Å². The van der Waals surface area contributed by atoms with Gasteiger partial charge in [-0.25, -0.2) is 4.98 Å². The minimum Gasteiger partial charge on any atom is -0.337 e. The van der Waals surface area contributed by atoms with Crippen LogP contribution in [0.15, 0.2) is 35.5 Å². The van der Waals surface area contributed by atoms with Gasteiger partial charge in [-0.3, -0.25) is 0 Å². The molecule has 0 amide bonds. The number of aromatic nitrogens is 2. The fraction of sp³-hybridized carbons (Fsp3) is 0.412. The number of hydrogen-bond acceptors (Lipinski definition) is 3. The first kappa shape index (κ1) is 14.2. The molecule has 0 spiro atoms. The van der Waals surface area contributed by atoms with Gasteiger partial charge in [0.2, 0.25) is 0 Å². The van der Waals surface area contributed by atoms with Crippen molar-refractivity contribution in [3.8, 4) is 6.07 Å². The molecular weight excluding hydrogens is 278 g/mol. The van der Waals surface area contributed by atoms with E-state index in [1.165, 1.54) is 5.56 Å². The lowest BCUT2D eigenvalue weighted by Crippen LogP contribution is -1.97. The van der Waals surface area contributed by atoms with Crippen molar-refractivity contribution in [2.24, 2.45) is 5.92 Å². The summed E-state index contributed by atoms with van der Waals surface area (Å²) in [6.45, 7) is 2.09. The van der Waals surface area contributed by atoms with Gasteiger partial charge in [-0.05, 0) is 31.7 Å². The third-order valence-electron chi connectivity index (χ3n) is 4.02. The zero-order chi connectivity index (χ0) is 14.7. The van der Waals surface area contributed by atoms with E-state index in [0.717, 1.165) is 42.2 Å². The minimum atomic E-state index is 0.238. The summed E-state index contributed by atoms with van der Waals surface area (Å²) in [4.78, 5) is 8.14. The molecule has 0 aliphatic heterocycles. The number of nitrogens with zero attached hydrogens (tertiary/aromatic N) is 2. The van der Waals surface area contributed by atoms with E-state index in [0.29, 0.717) is 5.25 Å². The van der Waals surface area contributed by atoms with Gasteiger partial charge >= 0.3 is 0 Å². The second-order valence-electron chi connectivity index (χ2n) is 5.65. The van der Waals surface area contributed by atoms with Gasteiger partial charge < -0.3 is 4.98 Å². The summed E-state index contributed by atoms with van der Waals surface area (Å²) in [5, 5.41) is 10.5. The highest BCUT2D eigenvalue weighted by atomic mass is 32.2. The first-order valence-corrected chi connectivity index (χ1v) is 8.28. The molecule has 1 aliphatic carbocycles. The summed E-state index contributed by atoms with van der Waals surface area (Å²) in [6.07, 6.45) is 4.02. The summed E-state index contributed by atoms with van der Waals surface area (Å²) >= 11 is 1.80. The molecule has 1 N–H and O–H groups in total. The van der Waals surface area contributed by atoms with Crippen LogP contribution < -0.4 is 0 Å². The van der Waals surface area contributed by atoms with Crippen LogP contribution in [0.5, 0.6) is 0 Å². The van der Waals surface area contributed by atoms with E-state index in [2.05, 4.69) is 42.2 Å². The van der Waals surface area contributed by atoms with E-state index in [-0.39, 0.29) is 5.92 Å². The molecule has 2 atom stereocenters. The molecule has 1 aromatic heterocycles. The molecular formula is C17H19N3S. The number of nitrogens with one attached hydrogen (secondary N) is 1. The Bertz CT molecular complexity index is 642. The first-order chi connectivity index (χ1) is 10.2. The Morgan fingerprint density at radius 1 is 1.33 bits per heavy atom. The molecule has 2 aromatic rings. The Balaban J connectivity index is 1.66. The largest absolute Gasteiger partial charge is 0.337 e. The highest BCUT2D eigenvalue weighted by Crippen LogP contribution is 2.36. The van der Waals surface area contributed by atoms with Crippen LogP contribution in [0, 0.1) is 24.2 Å². The Morgan fingerprint density at radius 2 is 2.14 bits per heavy atom. The van der Waals surface area contributed by atoms with Crippen molar-refractivity contribution in [3.05, 3.63) is 47.3 Å². The second-order valence-corrected chi connectivity index (χ2v) is 6.94. The van der Waals surface area contributed by atoms with Crippen molar-refractivity contribution < 1.29 is 0 Å². The molecule has 21 heavy (non-hydrogen) atoms. The average Bonchev–Trinajstić information content (AvgIpc) is 3.08. The van der Waals surface area contributed by atoms with E-state index in [1.807, 2.05) is 6.07 Å². The zero-order valence-electron chi connectivity index (χ0n) is 12.2. The average molecular weight is 297 g/mol. The zero-order valence-corrected chi connectivity index (χ0v) is 13.0. The van der Waals surface area contributed by atoms with Crippen molar-refractivity contribution in [2.45, 2.75) is 43.0 Å². The fourth-order valence-corrected chi connectivity index (χ4v) is 4.08. The molecule has 0 bridgehead atoms. The lowest BCUT2D eigenvalue weighted by Gasteiger charge is -2.05. The summed E-state index contributed by atoms with van der Waals surface area (Å²) < 4.78 is 0. The van der Waals surface area contributed by atoms with E-state index in [9.17, 15) is 0 Å². The number of thioether (sulfide) groups is 1. The molecule has 1 fully saturated rings. The number of H-pyrrole nitrogens is 1. The molecule has 108 valence electrons. The molecule has 4 heteroatoms. The lowest BCUT2D eigenvalue weighted by molar-refractivity contribution is 0.703. The van der Waals surface area contributed by atoms with Gasteiger partial charge in [0.25, 0.3) is 0 Å². The molecule has 3 nitrogen and oxygen atoms in total. The Morgan fingerprint density at radius 3 is 2.86 bits per heavy atom. The number of imidazole rings is 1. The maximum absolute atomic E-state index is 8.98. The smallest absolute Gasteiger partial charge is 0.166 e. The van der Waals surface area contributed by atoms with E-state index >= 15 is 0 Å². The molecule has 0 radical (unpaired) electrons. The van der Waals surface area contributed by atoms with Crippen LogP contribution in [0.25, 0.3) is 0 Å². The summed E-state index contributed by atoms with van der Waals surface area (Å²) in [5.74, 6) is 0.238. The normalized spacial score (nSPS) is 21.3. The second kappa shape index (κ2) is 6.36. The van der Waals surface area contributed by atoms with Crippen LogP contribution in [-0.4, -0.2) is 15.2 Å². The monoisotopic (exact) mass is 297 g/mol. The van der Waals surface area contributed by atoms with Gasteiger partial charge in [-0.1, -0.05) is 42.1 Å². The third kappa shape index (κ3) is 3.48. The topological polar surface area (TPSA) is 52.5 Å².